The minimum absolute atomic E-state index is 0.614. The Morgan fingerprint density at radius 3 is 3.12 bits per heavy atom. The molecule has 1 aliphatic rings. The molecule has 2 rings (SSSR count). The van der Waals surface area contributed by atoms with Crippen molar-refractivity contribution in [2.75, 3.05) is 24.5 Å². The first-order valence-electron chi connectivity index (χ1n) is 6.30. The lowest BCUT2D eigenvalue weighted by Gasteiger charge is -2.36. The second-order valence-electron chi connectivity index (χ2n) is 4.34. The zero-order chi connectivity index (χ0) is 11.2. The van der Waals surface area contributed by atoms with E-state index in [1.165, 1.54) is 19.3 Å². The molecule has 88 valence electrons. The maximum atomic E-state index is 4.46. The predicted molar refractivity (Wildman–Crippen MR) is 67.8 cm³/mol. The van der Waals surface area contributed by atoms with Crippen LogP contribution in [0.15, 0.2) is 24.4 Å². The Morgan fingerprint density at radius 1 is 1.44 bits per heavy atom. The molecule has 1 unspecified atom stereocenters. The third kappa shape index (κ3) is 2.73. The number of anilines is 1. The summed E-state index contributed by atoms with van der Waals surface area (Å²) in [6.45, 7) is 5.43. The monoisotopic (exact) mass is 219 g/mol. The molecule has 1 atom stereocenters. The topological polar surface area (TPSA) is 28.2 Å². The van der Waals surface area contributed by atoms with Crippen LogP contribution in [0.4, 0.5) is 5.82 Å². The van der Waals surface area contributed by atoms with E-state index in [2.05, 4.69) is 34.3 Å². The Labute approximate surface area is 97.9 Å². The molecule has 0 aromatic carbocycles. The molecule has 16 heavy (non-hydrogen) atoms. The Hall–Kier alpha value is -1.09. The van der Waals surface area contributed by atoms with E-state index in [-0.39, 0.29) is 0 Å². The second kappa shape index (κ2) is 5.85. The highest BCUT2D eigenvalue weighted by Crippen LogP contribution is 2.22. The largest absolute Gasteiger partial charge is 0.352 e. The molecule has 1 fully saturated rings. The van der Waals surface area contributed by atoms with Crippen LogP contribution in [-0.2, 0) is 0 Å². The van der Waals surface area contributed by atoms with Gasteiger partial charge in [0.05, 0.1) is 0 Å². The Morgan fingerprint density at radius 2 is 2.38 bits per heavy atom. The zero-order valence-electron chi connectivity index (χ0n) is 10.0. The quantitative estimate of drug-likeness (QED) is 0.840. The average molecular weight is 219 g/mol. The van der Waals surface area contributed by atoms with Crippen LogP contribution in [0.2, 0.25) is 0 Å². The van der Waals surface area contributed by atoms with Crippen molar-refractivity contribution in [1.82, 2.24) is 10.3 Å². The lowest BCUT2D eigenvalue weighted by atomic mass is 10.0. The summed E-state index contributed by atoms with van der Waals surface area (Å²) in [7, 11) is 0. The van der Waals surface area contributed by atoms with Crippen molar-refractivity contribution in [3.8, 4) is 0 Å². The summed E-state index contributed by atoms with van der Waals surface area (Å²) in [5.41, 5.74) is 0. The molecule has 0 aliphatic carbocycles. The van der Waals surface area contributed by atoms with Crippen molar-refractivity contribution in [3.05, 3.63) is 24.4 Å². The minimum atomic E-state index is 0.614. The third-order valence-corrected chi connectivity index (χ3v) is 3.20. The molecule has 0 radical (unpaired) electrons. The van der Waals surface area contributed by atoms with Gasteiger partial charge in [0.15, 0.2) is 0 Å². The van der Waals surface area contributed by atoms with Crippen molar-refractivity contribution in [2.24, 2.45) is 0 Å². The number of aromatic nitrogens is 1. The molecule has 1 aromatic rings. The molecule has 0 amide bonds. The molecule has 1 aromatic heterocycles. The first-order chi connectivity index (χ1) is 7.92. The van der Waals surface area contributed by atoms with E-state index >= 15 is 0 Å². The summed E-state index contributed by atoms with van der Waals surface area (Å²) in [5.74, 6) is 1.13. The molecule has 2 heterocycles. The molecule has 0 bridgehead atoms. The summed E-state index contributed by atoms with van der Waals surface area (Å²) in [5, 5.41) is 3.45. The van der Waals surface area contributed by atoms with Gasteiger partial charge in [-0.15, -0.1) is 0 Å². The predicted octanol–water partition coefficient (Wildman–Crippen LogP) is 2.05. The van der Waals surface area contributed by atoms with Gasteiger partial charge in [-0.3, -0.25) is 0 Å². The summed E-state index contributed by atoms with van der Waals surface area (Å²) in [4.78, 5) is 6.91. The van der Waals surface area contributed by atoms with Gasteiger partial charge in [-0.1, -0.05) is 13.0 Å². The van der Waals surface area contributed by atoms with Gasteiger partial charge in [0.25, 0.3) is 0 Å². The van der Waals surface area contributed by atoms with Crippen LogP contribution in [-0.4, -0.2) is 30.7 Å². The van der Waals surface area contributed by atoms with Crippen LogP contribution >= 0.6 is 0 Å². The SMILES string of the molecule is CCNCC1CCCCN1c1ccccn1. The number of rotatable bonds is 4. The van der Waals surface area contributed by atoms with Crippen LogP contribution in [0.5, 0.6) is 0 Å². The van der Waals surface area contributed by atoms with Crippen molar-refractivity contribution in [2.45, 2.75) is 32.2 Å². The number of nitrogens with one attached hydrogen (secondary N) is 1. The van der Waals surface area contributed by atoms with Gasteiger partial charge in [0.2, 0.25) is 0 Å². The van der Waals surface area contributed by atoms with E-state index in [1.54, 1.807) is 0 Å². The highest BCUT2D eigenvalue weighted by Gasteiger charge is 2.22. The summed E-state index contributed by atoms with van der Waals surface area (Å²) >= 11 is 0. The van der Waals surface area contributed by atoms with Gasteiger partial charge in [0, 0.05) is 25.3 Å². The molecule has 0 spiro atoms. The normalized spacial score (nSPS) is 21.1. The second-order valence-corrected chi connectivity index (χ2v) is 4.34. The molecule has 1 saturated heterocycles. The minimum Gasteiger partial charge on any atom is -0.352 e. The van der Waals surface area contributed by atoms with Gasteiger partial charge in [-0.05, 0) is 37.9 Å². The van der Waals surface area contributed by atoms with Crippen molar-refractivity contribution >= 4 is 5.82 Å². The van der Waals surface area contributed by atoms with Crippen LogP contribution < -0.4 is 10.2 Å². The molecule has 1 aliphatic heterocycles. The van der Waals surface area contributed by atoms with Crippen LogP contribution in [0.3, 0.4) is 0 Å². The van der Waals surface area contributed by atoms with E-state index in [4.69, 9.17) is 0 Å². The molecular formula is C13H21N3. The molecular weight excluding hydrogens is 198 g/mol. The van der Waals surface area contributed by atoms with Crippen LogP contribution in [0.25, 0.3) is 0 Å². The first-order valence-corrected chi connectivity index (χ1v) is 6.30. The van der Waals surface area contributed by atoms with E-state index < -0.39 is 0 Å². The maximum Gasteiger partial charge on any atom is 0.128 e. The molecule has 3 nitrogen and oxygen atoms in total. The number of likely N-dealkylation sites (N-methyl/N-ethyl adjacent to an activating group) is 1. The Kier molecular flexibility index (Phi) is 4.17. The van der Waals surface area contributed by atoms with Gasteiger partial charge < -0.3 is 10.2 Å². The van der Waals surface area contributed by atoms with E-state index in [0.717, 1.165) is 25.5 Å². The summed E-state index contributed by atoms with van der Waals surface area (Å²) < 4.78 is 0. The molecule has 1 N–H and O–H groups in total. The van der Waals surface area contributed by atoms with Gasteiger partial charge in [-0.2, -0.15) is 0 Å². The molecule has 0 saturated carbocycles. The van der Waals surface area contributed by atoms with Crippen molar-refractivity contribution in [3.63, 3.8) is 0 Å². The Bertz CT molecular complexity index is 299. The standard InChI is InChI=1S/C13H21N3/c1-2-14-11-12-7-4-6-10-16(12)13-8-3-5-9-15-13/h3,5,8-9,12,14H,2,4,6-7,10-11H2,1H3. The number of nitrogens with zero attached hydrogens (tertiary/aromatic N) is 2. The summed E-state index contributed by atoms with van der Waals surface area (Å²) in [6, 6.07) is 6.78. The highest BCUT2D eigenvalue weighted by atomic mass is 15.2. The molecule has 3 heteroatoms. The lowest BCUT2D eigenvalue weighted by Crippen LogP contribution is -2.46. The van der Waals surface area contributed by atoms with Crippen LogP contribution in [0, 0.1) is 0 Å². The van der Waals surface area contributed by atoms with Gasteiger partial charge in [-0.25, -0.2) is 4.98 Å². The first kappa shape index (κ1) is 11.4. The van der Waals surface area contributed by atoms with E-state index in [0.29, 0.717) is 6.04 Å². The van der Waals surface area contributed by atoms with Gasteiger partial charge >= 0.3 is 0 Å². The number of pyridine rings is 1. The fourth-order valence-corrected chi connectivity index (χ4v) is 2.35. The average Bonchev–Trinajstić information content (AvgIpc) is 2.38. The van der Waals surface area contributed by atoms with Crippen LogP contribution in [0.1, 0.15) is 26.2 Å². The Balaban J connectivity index is 2.04. The van der Waals surface area contributed by atoms with E-state index in [1.807, 2.05) is 12.3 Å². The summed E-state index contributed by atoms with van der Waals surface area (Å²) in [6.07, 6.45) is 5.80. The highest BCUT2D eigenvalue weighted by molar-refractivity contribution is 5.39. The third-order valence-electron chi connectivity index (χ3n) is 3.20. The zero-order valence-corrected chi connectivity index (χ0v) is 10.0. The maximum absolute atomic E-state index is 4.46. The fraction of sp³-hybridized carbons (Fsp3) is 0.615. The van der Waals surface area contributed by atoms with Crippen molar-refractivity contribution < 1.29 is 0 Å². The number of piperidine rings is 1. The number of hydrogen-bond donors (Lipinski definition) is 1. The lowest BCUT2D eigenvalue weighted by molar-refractivity contribution is 0.436. The smallest absolute Gasteiger partial charge is 0.128 e. The fourth-order valence-electron chi connectivity index (χ4n) is 2.35. The van der Waals surface area contributed by atoms with Crippen molar-refractivity contribution in [1.29, 1.82) is 0 Å². The van der Waals surface area contributed by atoms with E-state index in [9.17, 15) is 0 Å². The van der Waals surface area contributed by atoms with Gasteiger partial charge in [0.1, 0.15) is 5.82 Å². The number of hydrogen-bond acceptors (Lipinski definition) is 3.